The molecule has 76 valence electrons. The van der Waals surface area contributed by atoms with Gasteiger partial charge < -0.3 is 10.2 Å². The van der Waals surface area contributed by atoms with Gasteiger partial charge in [0.1, 0.15) is 5.84 Å². The molecular formula is C9H19N3O. The number of rotatable bonds is 4. The molecule has 0 aliphatic heterocycles. The first-order chi connectivity index (χ1) is 6.11. The predicted molar refractivity (Wildman–Crippen MR) is 53.4 cm³/mol. The highest BCUT2D eigenvalue weighted by atomic mass is 16.5. The van der Waals surface area contributed by atoms with Gasteiger partial charge in [0.2, 0.25) is 0 Å². The molecule has 1 fully saturated rings. The lowest BCUT2D eigenvalue weighted by molar-refractivity contribution is 0.208. The van der Waals surface area contributed by atoms with Crippen LogP contribution < -0.4 is 11.3 Å². The molecule has 4 nitrogen and oxygen atoms in total. The Labute approximate surface area is 79.5 Å². The molecule has 0 bridgehead atoms. The molecule has 0 aromatic rings. The first-order valence-corrected chi connectivity index (χ1v) is 4.61. The SMILES string of the molecule is COCCN=C(NN)C1CC1(C)C. The van der Waals surface area contributed by atoms with Crippen LogP contribution in [0.25, 0.3) is 0 Å². The van der Waals surface area contributed by atoms with E-state index in [1.54, 1.807) is 7.11 Å². The Balaban J connectivity index is 2.40. The summed E-state index contributed by atoms with van der Waals surface area (Å²) < 4.78 is 4.91. The van der Waals surface area contributed by atoms with E-state index in [1.165, 1.54) is 6.42 Å². The number of nitrogens with zero attached hydrogens (tertiary/aromatic N) is 1. The van der Waals surface area contributed by atoms with Crippen molar-refractivity contribution < 1.29 is 4.74 Å². The van der Waals surface area contributed by atoms with Crippen molar-refractivity contribution in [3.05, 3.63) is 0 Å². The quantitative estimate of drug-likeness (QED) is 0.221. The molecule has 1 rings (SSSR count). The van der Waals surface area contributed by atoms with Crippen molar-refractivity contribution in [3.63, 3.8) is 0 Å². The van der Waals surface area contributed by atoms with E-state index in [0.29, 0.717) is 24.5 Å². The van der Waals surface area contributed by atoms with E-state index in [9.17, 15) is 0 Å². The molecule has 0 heterocycles. The number of methoxy groups -OCH3 is 1. The van der Waals surface area contributed by atoms with Gasteiger partial charge in [-0.05, 0) is 11.8 Å². The highest BCUT2D eigenvalue weighted by Gasteiger charge is 2.48. The summed E-state index contributed by atoms with van der Waals surface area (Å²) in [5.41, 5.74) is 3.05. The molecule has 0 radical (unpaired) electrons. The van der Waals surface area contributed by atoms with Gasteiger partial charge in [-0.3, -0.25) is 4.99 Å². The van der Waals surface area contributed by atoms with Crippen molar-refractivity contribution in [3.8, 4) is 0 Å². The first-order valence-electron chi connectivity index (χ1n) is 4.61. The van der Waals surface area contributed by atoms with Crippen LogP contribution >= 0.6 is 0 Å². The summed E-state index contributed by atoms with van der Waals surface area (Å²) in [6.07, 6.45) is 1.17. The predicted octanol–water partition coefficient (Wildman–Crippen LogP) is 0.541. The van der Waals surface area contributed by atoms with E-state index < -0.39 is 0 Å². The van der Waals surface area contributed by atoms with E-state index in [-0.39, 0.29) is 0 Å². The van der Waals surface area contributed by atoms with E-state index in [0.717, 1.165) is 5.84 Å². The van der Waals surface area contributed by atoms with Gasteiger partial charge in [-0.25, -0.2) is 5.84 Å². The minimum absolute atomic E-state index is 0.373. The van der Waals surface area contributed by atoms with Gasteiger partial charge in [0.05, 0.1) is 13.2 Å². The number of hydrazine groups is 1. The zero-order valence-corrected chi connectivity index (χ0v) is 8.63. The second kappa shape index (κ2) is 4.07. The van der Waals surface area contributed by atoms with Gasteiger partial charge in [0, 0.05) is 13.0 Å². The number of hydrogen-bond acceptors (Lipinski definition) is 3. The molecule has 4 heteroatoms. The molecule has 0 saturated heterocycles. The van der Waals surface area contributed by atoms with Gasteiger partial charge in [-0.2, -0.15) is 0 Å². The van der Waals surface area contributed by atoms with Crippen molar-refractivity contribution in [2.24, 2.45) is 22.2 Å². The molecule has 1 aliphatic carbocycles. The molecule has 0 aromatic heterocycles. The topological polar surface area (TPSA) is 59.6 Å². The molecule has 3 N–H and O–H groups in total. The molecule has 0 aromatic carbocycles. The Hall–Kier alpha value is -0.610. The number of ether oxygens (including phenoxy) is 1. The lowest BCUT2D eigenvalue weighted by atomic mass is 10.1. The smallest absolute Gasteiger partial charge is 0.114 e. The van der Waals surface area contributed by atoms with Gasteiger partial charge >= 0.3 is 0 Å². The summed E-state index contributed by atoms with van der Waals surface area (Å²) in [7, 11) is 1.67. The molecule has 1 aliphatic rings. The lowest BCUT2D eigenvalue weighted by Crippen LogP contribution is -2.33. The Morgan fingerprint density at radius 1 is 1.69 bits per heavy atom. The average molecular weight is 185 g/mol. The van der Waals surface area contributed by atoms with Crippen LogP contribution in [0.4, 0.5) is 0 Å². The molecule has 13 heavy (non-hydrogen) atoms. The summed E-state index contributed by atoms with van der Waals surface area (Å²) in [4.78, 5) is 4.35. The molecule has 1 saturated carbocycles. The Kier molecular flexibility index (Phi) is 3.27. The number of amidine groups is 1. The van der Waals surface area contributed by atoms with E-state index in [4.69, 9.17) is 10.6 Å². The standard InChI is InChI=1S/C9H19N3O/c1-9(2)6-7(9)8(12-10)11-4-5-13-3/h7H,4-6,10H2,1-3H3,(H,11,12). The van der Waals surface area contributed by atoms with E-state index >= 15 is 0 Å². The Bertz CT molecular complexity index is 201. The van der Waals surface area contributed by atoms with Gasteiger partial charge in [-0.15, -0.1) is 0 Å². The monoisotopic (exact) mass is 185 g/mol. The van der Waals surface area contributed by atoms with Crippen LogP contribution in [-0.4, -0.2) is 26.1 Å². The zero-order chi connectivity index (χ0) is 9.90. The minimum Gasteiger partial charge on any atom is -0.383 e. The van der Waals surface area contributed by atoms with Gasteiger partial charge in [-0.1, -0.05) is 13.8 Å². The van der Waals surface area contributed by atoms with Crippen molar-refractivity contribution in [2.45, 2.75) is 20.3 Å². The van der Waals surface area contributed by atoms with Gasteiger partial charge in [0.15, 0.2) is 0 Å². The second-order valence-electron chi connectivity index (χ2n) is 4.15. The number of nitrogens with two attached hydrogens (primary N) is 1. The molecule has 1 unspecified atom stereocenters. The van der Waals surface area contributed by atoms with Crippen LogP contribution in [0.3, 0.4) is 0 Å². The molecule has 1 atom stereocenters. The van der Waals surface area contributed by atoms with Crippen molar-refractivity contribution >= 4 is 5.84 Å². The number of hydrogen-bond donors (Lipinski definition) is 2. The number of nitrogens with one attached hydrogen (secondary N) is 1. The third-order valence-electron chi connectivity index (χ3n) is 2.57. The molecule has 0 amide bonds. The zero-order valence-electron chi connectivity index (χ0n) is 8.63. The Morgan fingerprint density at radius 2 is 2.31 bits per heavy atom. The normalized spacial score (nSPS) is 25.8. The summed E-state index contributed by atoms with van der Waals surface area (Å²) >= 11 is 0. The van der Waals surface area contributed by atoms with Crippen LogP contribution in [0, 0.1) is 11.3 Å². The van der Waals surface area contributed by atoms with Crippen molar-refractivity contribution in [1.29, 1.82) is 0 Å². The third kappa shape index (κ3) is 2.67. The number of aliphatic imine (C=N–C) groups is 1. The fourth-order valence-electron chi connectivity index (χ4n) is 1.45. The maximum absolute atomic E-state index is 5.40. The van der Waals surface area contributed by atoms with Crippen LogP contribution in [0.2, 0.25) is 0 Å². The second-order valence-corrected chi connectivity index (χ2v) is 4.15. The summed E-state index contributed by atoms with van der Waals surface area (Å²) in [5.74, 6) is 6.82. The van der Waals surface area contributed by atoms with Crippen LogP contribution in [0.15, 0.2) is 4.99 Å². The van der Waals surface area contributed by atoms with Crippen LogP contribution in [0.1, 0.15) is 20.3 Å². The fraction of sp³-hybridized carbons (Fsp3) is 0.889. The van der Waals surface area contributed by atoms with E-state index in [2.05, 4.69) is 24.3 Å². The van der Waals surface area contributed by atoms with Crippen molar-refractivity contribution in [2.75, 3.05) is 20.3 Å². The maximum atomic E-state index is 5.40. The Morgan fingerprint density at radius 3 is 2.69 bits per heavy atom. The van der Waals surface area contributed by atoms with E-state index in [1.807, 2.05) is 0 Å². The van der Waals surface area contributed by atoms with Crippen LogP contribution in [0.5, 0.6) is 0 Å². The summed E-state index contributed by atoms with van der Waals surface area (Å²) in [6, 6.07) is 0. The minimum atomic E-state index is 0.373. The van der Waals surface area contributed by atoms with Crippen molar-refractivity contribution in [1.82, 2.24) is 5.43 Å². The highest BCUT2D eigenvalue weighted by Crippen LogP contribution is 2.51. The average Bonchev–Trinajstić information content (AvgIpc) is 2.69. The third-order valence-corrected chi connectivity index (χ3v) is 2.57. The van der Waals surface area contributed by atoms with Crippen LogP contribution in [-0.2, 0) is 4.74 Å². The van der Waals surface area contributed by atoms with Gasteiger partial charge in [0.25, 0.3) is 0 Å². The largest absolute Gasteiger partial charge is 0.383 e. The summed E-state index contributed by atoms with van der Waals surface area (Å²) in [6.45, 7) is 5.78. The summed E-state index contributed by atoms with van der Waals surface area (Å²) in [5, 5.41) is 0. The molecular weight excluding hydrogens is 166 g/mol. The molecule has 0 spiro atoms. The maximum Gasteiger partial charge on any atom is 0.114 e. The lowest BCUT2D eigenvalue weighted by Gasteiger charge is -2.07. The highest BCUT2D eigenvalue weighted by molar-refractivity contribution is 5.87. The first kappa shape index (κ1) is 10.5. The fourth-order valence-corrected chi connectivity index (χ4v) is 1.45.